The molecule has 19 heteroatoms. The number of hydrogen-bond donors (Lipinski definition) is 2. The minimum absolute atomic E-state index is 0.0795. The summed E-state index contributed by atoms with van der Waals surface area (Å²) in [5, 5.41) is 6.14. The van der Waals surface area contributed by atoms with Gasteiger partial charge in [-0.1, -0.05) is 74.7 Å². The van der Waals surface area contributed by atoms with E-state index in [4.69, 9.17) is 88.9 Å². The van der Waals surface area contributed by atoms with E-state index in [0.29, 0.717) is 0 Å². The van der Waals surface area contributed by atoms with Crippen molar-refractivity contribution in [1.82, 2.24) is 14.6 Å². The summed E-state index contributed by atoms with van der Waals surface area (Å²) in [6.45, 7) is -0.0221. The first-order valence-corrected chi connectivity index (χ1v) is 12.7. The number of halogens is 6. The Labute approximate surface area is 216 Å². The van der Waals surface area contributed by atoms with Gasteiger partial charge < -0.3 is 4.74 Å². The van der Waals surface area contributed by atoms with Gasteiger partial charge in [0.05, 0.1) is 12.1 Å². The molecule has 1 aromatic heterocycles. The molecule has 2 N–H and O–H groups in total. The fourth-order valence-electron chi connectivity index (χ4n) is 2.70. The second-order valence-corrected chi connectivity index (χ2v) is 13.6. The Balaban J connectivity index is 2.19. The maximum absolute atomic E-state index is 13.1. The molecule has 2 heterocycles. The SMILES string of the molecule is Cc1cn([C@H]2C[C@H](N=[N+]=[N-])[C@@H](CNP(=O)(OCC(Cl)(Cl)Cl)OCC(Cl)(Cl)Cl)O2)c(=O)[nH]c1=O. The van der Waals surface area contributed by atoms with Crippen LogP contribution in [-0.4, -0.2) is 49.0 Å². The molecular formula is C14H17Cl6N6O6P. The Morgan fingerprint density at radius 2 is 1.85 bits per heavy atom. The number of aromatic amines is 1. The Morgan fingerprint density at radius 1 is 1.27 bits per heavy atom. The highest BCUT2D eigenvalue weighted by molar-refractivity contribution is 7.51. The van der Waals surface area contributed by atoms with Gasteiger partial charge in [-0.2, -0.15) is 0 Å². The van der Waals surface area contributed by atoms with Crippen LogP contribution in [0.4, 0.5) is 0 Å². The number of rotatable bonds is 9. The largest absolute Gasteiger partial charge is 0.405 e. The summed E-state index contributed by atoms with van der Waals surface area (Å²) in [6, 6.07) is -0.790. The number of nitrogens with zero attached hydrogens (tertiary/aromatic N) is 4. The number of aromatic nitrogens is 2. The van der Waals surface area contributed by atoms with Crippen molar-refractivity contribution < 1.29 is 18.3 Å². The number of azide groups is 1. The van der Waals surface area contributed by atoms with Gasteiger partial charge in [0, 0.05) is 29.6 Å². The third-order valence-electron chi connectivity index (χ3n) is 4.14. The van der Waals surface area contributed by atoms with Gasteiger partial charge in [-0.25, -0.2) is 14.4 Å². The minimum atomic E-state index is -4.21. The third kappa shape index (κ3) is 9.40. The topological polar surface area (TPSA) is 160 Å². The average molecular weight is 609 g/mol. The summed E-state index contributed by atoms with van der Waals surface area (Å²) in [6.07, 6.45) is -0.394. The van der Waals surface area contributed by atoms with Crippen LogP contribution in [0.3, 0.4) is 0 Å². The molecule has 0 spiro atoms. The molecular weight excluding hydrogens is 592 g/mol. The number of aryl methyl sites for hydroxylation is 1. The molecule has 186 valence electrons. The van der Waals surface area contributed by atoms with E-state index in [9.17, 15) is 14.2 Å². The average Bonchev–Trinajstić information content (AvgIpc) is 3.08. The standard InChI is InChI=1S/C14H17Cl6N6O6P/c1-7-4-26(12(28)23-11(7)27)10-2-8(24-25-21)9(32-10)3-22-33(29,30-5-13(15,16)17)31-6-14(18,19)20/h4,8-10H,2-3,5-6H2,1H3,(H,22,29)(H,23,27,28)/t8-,9+,10+/m0/s1. The molecule has 0 amide bonds. The Morgan fingerprint density at radius 3 is 2.36 bits per heavy atom. The maximum Gasteiger partial charge on any atom is 0.405 e. The van der Waals surface area contributed by atoms with Crippen LogP contribution in [0.5, 0.6) is 0 Å². The van der Waals surface area contributed by atoms with Gasteiger partial charge in [0.2, 0.25) is 7.59 Å². The van der Waals surface area contributed by atoms with Gasteiger partial charge in [-0.3, -0.25) is 23.4 Å². The Hall–Kier alpha value is -0.200. The molecule has 0 bridgehead atoms. The lowest BCUT2D eigenvalue weighted by atomic mass is 10.1. The summed E-state index contributed by atoms with van der Waals surface area (Å²) in [5.74, 6) is 0. The molecule has 0 unspecified atom stereocenters. The predicted molar refractivity (Wildman–Crippen MR) is 126 cm³/mol. The van der Waals surface area contributed by atoms with Crippen molar-refractivity contribution in [2.24, 2.45) is 5.11 Å². The number of ether oxygens (including phenoxy) is 1. The van der Waals surface area contributed by atoms with E-state index >= 15 is 0 Å². The zero-order valence-electron chi connectivity index (χ0n) is 16.6. The van der Waals surface area contributed by atoms with Crippen molar-refractivity contribution in [3.63, 3.8) is 0 Å². The first-order chi connectivity index (χ1) is 15.1. The molecule has 33 heavy (non-hydrogen) atoms. The van der Waals surface area contributed by atoms with E-state index in [1.807, 2.05) is 0 Å². The summed E-state index contributed by atoms with van der Waals surface area (Å²) < 4.78 is 26.4. The number of nitrogens with one attached hydrogen (secondary N) is 2. The van der Waals surface area contributed by atoms with E-state index in [-0.39, 0.29) is 18.5 Å². The predicted octanol–water partition coefficient (Wildman–Crippen LogP) is 4.28. The smallest absolute Gasteiger partial charge is 0.353 e. The van der Waals surface area contributed by atoms with Crippen LogP contribution in [0.2, 0.25) is 0 Å². The summed E-state index contributed by atoms with van der Waals surface area (Å²) in [5.41, 5.74) is 7.89. The number of H-pyrrole nitrogens is 1. The van der Waals surface area contributed by atoms with Gasteiger partial charge in [0.1, 0.15) is 19.4 Å². The maximum atomic E-state index is 13.1. The fourth-order valence-corrected chi connectivity index (χ4v) is 4.88. The number of hydrogen-bond acceptors (Lipinski definition) is 7. The lowest BCUT2D eigenvalue weighted by molar-refractivity contribution is -0.00101. The quantitative estimate of drug-likeness (QED) is 0.139. The van der Waals surface area contributed by atoms with Gasteiger partial charge >= 0.3 is 13.4 Å². The van der Waals surface area contributed by atoms with Crippen LogP contribution < -0.4 is 16.3 Å². The highest BCUT2D eigenvalue weighted by Crippen LogP contribution is 2.48. The zero-order valence-corrected chi connectivity index (χ0v) is 22.0. The molecule has 0 aromatic carbocycles. The lowest BCUT2D eigenvalue weighted by Gasteiger charge is -2.25. The molecule has 2 rings (SSSR count). The second kappa shape index (κ2) is 11.7. The van der Waals surface area contributed by atoms with Crippen LogP contribution >= 0.6 is 77.4 Å². The van der Waals surface area contributed by atoms with Crippen molar-refractivity contribution in [2.45, 2.75) is 39.3 Å². The molecule has 0 aliphatic carbocycles. The molecule has 1 aromatic rings. The van der Waals surface area contributed by atoms with Crippen LogP contribution in [0.25, 0.3) is 10.4 Å². The highest BCUT2D eigenvalue weighted by Gasteiger charge is 2.39. The van der Waals surface area contributed by atoms with Gasteiger partial charge in [-0.15, -0.1) is 0 Å². The van der Waals surface area contributed by atoms with E-state index < -0.39 is 58.2 Å². The van der Waals surface area contributed by atoms with Crippen molar-refractivity contribution >= 4 is 77.4 Å². The molecule has 1 fully saturated rings. The first kappa shape index (κ1) is 29.0. The van der Waals surface area contributed by atoms with Crippen molar-refractivity contribution in [3.05, 3.63) is 43.0 Å². The zero-order chi connectivity index (χ0) is 25.0. The van der Waals surface area contributed by atoms with Crippen molar-refractivity contribution in [3.8, 4) is 0 Å². The fraction of sp³-hybridized carbons (Fsp3) is 0.714. The Bertz CT molecular complexity index is 1030. The molecule has 0 saturated carbocycles. The summed E-state index contributed by atoms with van der Waals surface area (Å²) in [7, 11) is -4.21. The van der Waals surface area contributed by atoms with Gasteiger partial charge in [-0.05, 0) is 12.5 Å². The monoisotopic (exact) mass is 606 g/mol. The van der Waals surface area contributed by atoms with E-state index in [1.165, 1.54) is 13.1 Å². The van der Waals surface area contributed by atoms with Crippen LogP contribution in [-0.2, 0) is 18.3 Å². The third-order valence-corrected chi connectivity index (χ3v) is 6.31. The second-order valence-electron chi connectivity index (χ2n) is 6.75. The van der Waals surface area contributed by atoms with E-state index in [1.54, 1.807) is 0 Å². The van der Waals surface area contributed by atoms with Gasteiger partial charge in [0.25, 0.3) is 5.56 Å². The van der Waals surface area contributed by atoms with Crippen LogP contribution in [0.1, 0.15) is 18.2 Å². The van der Waals surface area contributed by atoms with Crippen molar-refractivity contribution in [1.29, 1.82) is 0 Å². The van der Waals surface area contributed by atoms with Crippen molar-refractivity contribution in [2.75, 3.05) is 19.8 Å². The Kier molecular flexibility index (Phi) is 10.3. The first-order valence-electron chi connectivity index (χ1n) is 8.92. The summed E-state index contributed by atoms with van der Waals surface area (Å²) >= 11 is 33.8. The number of alkyl halides is 6. The molecule has 12 nitrogen and oxygen atoms in total. The van der Waals surface area contributed by atoms with Crippen LogP contribution in [0, 0.1) is 6.92 Å². The van der Waals surface area contributed by atoms with E-state index in [2.05, 4.69) is 20.1 Å². The normalized spacial score (nSPS) is 21.7. The minimum Gasteiger partial charge on any atom is -0.353 e. The lowest BCUT2D eigenvalue weighted by Crippen LogP contribution is -2.35. The molecule has 3 atom stereocenters. The molecule has 1 aliphatic rings. The van der Waals surface area contributed by atoms with E-state index in [0.717, 1.165) is 4.57 Å². The molecule has 0 radical (unpaired) electrons. The summed E-state index contributed by atoms with van der Waals surface area (Å²) in [4.78, 5) is 28.7. The molecule has 1 saturated heterocycles. The molecule has 1 aliphatic heterocycles. The highest BCUT2D eigenvalue weighted by atomic mass is 35.6. The van der Waals surface area contributed by atoms with Gasteiger partial charge in [0.15, 0.2) is 0 Å². The van der Waals surface area contributed by atoms with Crippen LogP contribution in [0.15, 0.2) is 20.9 Å².